The molecule has 4 nitrogen and oxygen atoms in total. The van der Waals surface area contributed by atoms with Gasteiger partial charge in [0.2, 0.25) is 5.91 Å². The number of benzene rings is 1. The van der Waals surface area contributed by atoms with Gasteiger partial charge >= 0.3 is 0 Å². The van der Waals surface area contributed by atoms with E-state index in [1.165, 1.54) is 0 Å². The van der Waals surface area contributed by atoms with Crippen LogP contribution >= 0.6 is 0 Å². The summed E-state index contributed by atoms with van der Waals surface area (Å²) in [4.78, 5) is 11.8. The maximum atomic E-state index is 11.8. The van der Waals surface area contributed by atoms with E-state index in [-0.39, 0.29) is 11.9 Å². The molecule has 1 aromatic rings. The fraction of sp³-hybridized carbons (Fsp3) is 0.500. The molecule has 0 radical (unpaired) electrons. The zero-order valence-electron chi connectivity index (χ0n) is 11.0. The Hall–Kier alpha value is -1.71. The van der Waals surface area contributed by atoms with Crippen molar-refractivity contribution in [3.05, 3.63) is 18.2 Å². The van der Waals surface area contributed by atoms with Crippen LogP contribution in [0.15, 0.2) is 18.2 Å². The van der Waals surface area contributed by atoms with E-state index >= 15 is 0 Å². The molecule has 1 aromatic carbocycles. The van der Waals surface area contributed by atoms with Crippen LogP contribution in [-0.4, -0.2) is 18.6 Å². The molecule has 98 valence electrons. The van der Waals surface area contributed by atoms with Gasteiger partial charge in [0.05, 0.1) is 12.3 Å². The molecule has 2 rings (SSSR count). The number of fused-ring (bicyclic) bond motifs is 1. The summed E-state index contributed by atoms with van der Waals surface area (Å²) in [7, 11) is 0. The van der Waals surface area contributed by atoms with Crippen molar-refractivity contribution in [2.45, 2.75) is 39.2 Å². The smallest absolute Gasteiger partial charge is 0.226 e. The first-order valence-corrected chi connectivity index (χ1v) is 6.56. The first-order chi connectivity index (χ1) is 8.74. The third-order valence-electron chi connectivity index (χ3n) is 3.04. The molecule has 0 aliphatic carbocycles. The van der Waals surface area contributed by atoms with Gasteiger partial charge in [-0.3, -0.25) is 4.79 Å². The lowest BCUT2D eigenvalue weighted by atomic mass is 10.1. The molecule has 1 amide bonds. The van der Waals surface area contributed by atoms with Gasteiger partial charge in [-0.25, -0.2) is 0 Å². The van der Waals surface area contributed by atoms with Gasteiger partial charge in [0, 0.05) is 12.5 Å². The van der Waals surface area contributed by atoms with Gasteiger partial charge in [0.15, 0.2) is 0 Å². The summed E-state index contributed by atoms with van der Waals surface area (Å²) in [5, 5.41) is 6.33. The normalized spacial score (nSPS) is 18.3. The Morgan fingerprint density at radius 1 is 1.39 bits per heavy atom. The van der Waals surface area contributed by atoms with E-state index in [4.69, 9.17) is 4.74 Å². The topological polar surface area (TPSA) is 50.4 Å². The predicted molar refractivity (Wildman–Crippen MR) is 73.2 cm³/mol. The van der Waals surface area contributed by atoms with Crippen molar-refractivity contribution in [1.29, 1.82) is 0 Å². The molecule has 1 aliphatic rings. The SMILES string of the molecule is CCCOc1cccc2c1NC(=O)CC(CC)N2. The summed E-state index contributed by atoms with van der Waals surface area (Å²) in [5.41, 5.74) is 1.72. The Labute approximate surface area is 108 Å². The van der Waals surface area contributed by atoms with E-state index in [1.54, 1.807) is 0 Å². The largest absolute Gasteiger partial charge is 0.491 e. The van der Waals surface area contributed by atoms with Crippen LogP contribution in [0.4, 0.5) is 11.4 Å². The average molecular weight is 248 g/mol. The minimum Gasteiger partial charge on any atom is -0.491 e. The number of ether oxygens (including phenoxy) is 1. The van der Waals surface area contributed by atoms with Crippen molar-refractivity contribution in [3.63, 3.8) is 0 Å². The molecular weight excluding hydrogens is 228 g/mol. The third kappa shape index (κ3) is 2.75. The molecule has 0 saturated heterocycles. The highest BCUT2D eigenvalue weighted by atomic mass is 16.5. The summed E-state index contributed by atoms with van der Waals surface area (Å²) in [6.45, 7) is 4.79. The van der Waals surface area contributed by atoms with E-state index in [2.05, 4.69) is 24.5 Å². The maximum Gasteiger partial charge on any atom is 0.226 e. The van der Waals surface area contributed by atoms with Gasteiger partial charge < -0.3 is 15.4 Å². The lowest BCUT2D eigenvalue weighted by molar-refractivity contribution is -0.116. The zero-order valence-corrected chi connectivity index (χ0v) is 11.0. The molecule has 0 spiro atoms. The molecule has 1 aliphatic heterocycles. The molecule has 1 heterocycles. The van der Waals surface area contributed by atoms with Crippen molar-refractivity contribution in [2.24, 2.45) is 0 Å². The minimum atomic E-state index is 0.0423. The molecular formula is C14H20N2O2. The number of carbonyl (C=O) groups is 1. The van der Waals surface area contributed by atoms with E-state index in [0.717, 1.165) is 30.0 Å². The molecule has 2 N–H and O–H groups in total. The second kappa shape index (κ2) is 5.76. The Bertz CT molecular complexity index is 432. The molecule has 0 saturated carbocycles. The zero-order chi connectivity index (χ0) is 13.0. The quantitative estimate of drug-likeness (QED) is 0.861. The number of hydrogen-bond acceptors (Lipinski definition) is 3. The number of carbonyl (C=O) groups excluding carboxylic acids is 1. The van der Waals surface area contributed by atoms with Crippen molar-refractivity contribution >= 4 is 17.3 Å². The molecule has 0 fully saturated rings. The Balaban J connectivity index is 2.30. The van der Waals surface area contributed by atoms with Gasteiger partial charge in [-0.2, -0.15) is 0 Å². The highest BCUT2D eigenvalue weighted by Gasteiger charge is 2.21. The highest BCUT2D eigenvalue weighted by Crippen LogP contribution is 2.35. The van der Waals surface area contributed by atoms with Crippen LogP contribution in [0, 0.1) is 0 Å². The number of para-hydroxylation sites is 1. The van der Waals surface area contributed by atoms with Crippen LogP contribution in [0.25, 0.3) is 0 Å². The predicted octanol–water partition coefficient (Wildman–Crippen LogP) is 3.01. The summed E-state index contributed by atoms with van der Waals surface area (Å²) >= 11 is 0. The molecule has 1 unspecified atom stereocenters. The third-order valence-corrected chi connectivity index (χ3v) is 3.04. The molecule has 18 heavy (non-hydrogen) atoms. The summed E-state index contributed by atoms with van der Waals surface area (Å²) < 4.78 is 5.67. The van der Waals surface area contributed by atoms with Gasteiger partial charge in [-0.05, 0) is 25.0 Å². The van der Waals surface area contributed by atoms with Gasteiger partial charge in [-0.1, -0.05) is 19.9 Å². The van der Waals surface area contributed by atoms with E-state index in [9.17, 15) is 4.79 Å². The maximum absolute atomic E-state index is 11.8. The van der Waals surface area contributed by atoms with Gasteiger partial charge in [-0.15, -0.1) is 0 Å². The minimum absolute atomic E-state index is 0.0423. The number of rotatable bonds is 4. The van der Waals surface area contributed by atoms with E-state index in [0.29, 0.717) is 13.0 Å². The average Bonchev–Trinajstić information content (AvgIpc) is 2.54. The molecule has 0 bridgehead atoms. The van der Waals surface area contributed by atoms with Crippen molar-refractivity contribution in [1.82, 2.24) is 0 Å². The fourth-order valence-electron chi connectivity index (χ4n) is 2.04. The summed E-state index contributed by atoms with van der Waals surface area (Å²) in [6, 6.07) is 6.00. The summed E-state index contributed by atoms with van der Waals surface area (Å²) in [5.74, 6) is 0.785. The van der Waals surface area contributed by atoms with Crippen LogP contribution < -0.4 is 15.4 Å². The molecule has 1 atom stereocenters. The van der Waals surface area contributed by atoms with Gasteiger partial charge in [0.25, 0.3) is 0 Å². The molecule has 0 aromatic heterocycles. The van der Waals surface area contributed by atoms with Crippen LogP contribution in [0.5, 0.6) is 5.75 Å². The monoisotopic (exact) mass is 248 g/mol. The van der Waals surface area contributed by atoms with Crippen LogP contribution in [0.1, 0.15) is 33.1 Å². The Kier molecular flexibility index (Phi) is 4.07. The molecule has 4 heteroatoms. The number of nitrogens with one attached hydrogen (secondary N) is 2. The number of anilines is 2. The van der Waals surface area contributed by atoms with Crippen LogP contribution in [0.3, 0.4) is 0 Å². The first kappa shape index (κ1) is 12.7. The van der Waals surface area contributed by atoms with Crippen molar-refractivity contribution < 1.29 is 9.53 Å². The van der Waals surface area contributed by atoms with Crippen LogP contribution in [0.2, 0.25) is 0 Å². The van der Waals surface area contributed by atoms with Crippen LogP contribution in [-0.2, 0) is 4.79 Å². The van der Waals surface area contributed by atoms with Gasteiger partial charge in [0.1, 0.15) is 11.4 Å². The second-order valence-electron chi connectivity index (χ2n) is 4.53. The lowest BCUT2D eigenvalue weighted by Crippen LogP contribution is -2.21. The summed E-state index contributed by atoms with van der Waals surface area (Å²) in [6.07, 6.45) is 2.37. The van der Waals surface area contributed by atoms with E-state index < -0.39 is 0 Å². The van der Waals surface area contributed by atoms with E-state index in [1.807, 2.05) is 18.2 Å². The van der Waals surface area contributed by atoms with Crippen molar-refractivity contribution in [3.8, 4) is 5.75 Å². The highest BCUT2D eigenvalue weighted by molar-refractivity contribution is 5.98. The number of amides is 1. The standard InChI is InChI=1S/C14H20N2O2/c1-3-8-18-12-7-5-6-11-14(12)16-13(17)9-10(4-2)15-11/h5-7,10,15H,3-4,8-9H2,1-2H3,(H,16,17). The first-order valence-electron chi connectivity index (χ1n) is 6.56. The fourth-order valence-corrected chi connectivity index (χ4v) is 2.04. The number of hydrogen-bond donors (Lipinski definition) is 2. The second-order valence-corrected chi connectivity index (χ2v) is 4.53. The Morgan fingerprint density at radius 2 is 2.22 bits per heavy atom. The Morgan fingerprint density at radius 3 is 2.94 bits per heavy atom. The van der Waals surface area contributed by atoms with Crippen molar-refractivity contribution in [2.75, 3.05) is 17.2 Å². The lowest BCUT2D eigenvalue weighted by Gasteiger charge is -2.16.